The molecule has 0 atom stereocenters. The molecular weight excluding hydrogens is 533 g/mol. The molecule has 1 aliphatic carbocycles. The smallest absolute Gasteiger partial charge is 0.321 e. The molecule has 9 heteroatoms. The van der Waals surface area contributed by atoms with E-state index in [0.717, 1.165) is 48.2 Å². The third-order valence-corrected chi connectivity index (χ3v) is 8.02. The number of carbonyl (C=O) groups is 3. The average molecular weight is 572 g/mol. The minimum Gasteiger partial charge on any atom is -0.368 e. The third-order valence-electron chi connectivity index (χ3n) is 8.02. The first-order valence-corrected chi connectivity index (χ1v) is 14.6. The Morgan fingerprint density at radius 1 is 0.810 bits per heavy atom. The van der Waals surface area contributed by atoms with Crippen LogP contribution >= 0.6 is 0 Å². The van der Waals surface area contributed by atoms with Gasteiger partial charge in [-0.2, -0.15) is 0 Å². The summed E-state index contributed by atoms with van der Waals surface area (Å²) in [6, 6.07) is 21.3. The van der Waals surface area contributed by atoms with E-state index >= 15 is 0 Å². The predicted octanol–water partition coefficient (Wildman–Crippen LogP) is 5.65. The van der Waals surface area contributed by atoms with E-state index in [-0.39, 0.29) is 42.7 Å². The Morgan fingerprint density at radius 3 is 2.05 bits per heavy atom. The summed E-state index contributed by atoms with van der Waals surface area (Å²) in [5.74, 6) is -0.691. The summed E-state index contributed by atoms with van der Waals surface area (Å²) in [6.45, 7) is 4.82. The van der Waals surface area contributed by atoms with Gasteiger partial charge in [-0.15, -0.1) is 0 Å². The molecule has 5 rings (SSSR count). The van der Waals surface area contributed by atoms with Crippen LogP contribution in [-0.2, 0) is 16.1 Å². The Bertz CT molecular complexity index is 1360. The molecule has 4 amide bonds. The molecule has 0 radical (unpaired) electrons. The van der Waals surface area contributed by atoms with E-state index < -0.39 is 0 Å². The molecule has 2 aliphatic rings. The van der Waals surface area contributed by atoms with Gasteiger partial charge in [0.2, 0.25) is 11.8 Å². The van der Waals surface area contributed by atoms with Gasteiger partial charge in [0.05, 0.1) is 0 Å². The second-order valence-corrected chi connectivity index (χ2v) is 11.2. The van der Waals surface area contributed by atoms with E-state index in [4.69, 9.17) is 0 Å². The molecule has 42 heavy (non-hydrogen) atoms. The quantitative estimate of drug-likeness (QED) is 0.366. The van der Waals surface area contributed by atoms with Crippen molar-refractivity contribution in [3.05, 3.63) is 89.7 Å². The Labute approximate surface area is 246 Å². The summed E-state index contributed by atoms with van der Waals surface area (Å²) >= 11 is 0. The van der Waals surface area contributed by atoms with Gasteiger partial charge in [0.1, 0.15) is 12.4 Å². The summed E-state index contributed by atoms with van der Waals surface area (Å²) in [5, 5.41) is 5.88. The molecule has 1 saturated heterocycles. The highest BCUT2D eigenvalue weighted by Crippen LogP contribution is 2.27. The second-order valence-electron chi connectivity index (χ2n) is 11.2. The van der Waals surface area contributed by atoms with E-state index in [1.165, 1.54) is 12.1 Å². The zero-order chi connectivity index (χ0) is 29.5. The fourth-order valence-corrected chi connectivity index (χ4v) is 5.59. The topological polar surface area (TPSA) is 85.0 Å². The first-order chi connectivity index (χ1) is 20.3. The number of rotatable bonds is 8. The summed E-state index contributed by atoms with van der Waals surface area (Å²) < 4.78 is 13.4. The molecule has 2 fully saturated rings. The lowest BCUT2D eigenvalue weighted by Crippen LogP contribution is -2.50. The third kappa shape index (κ3) is 7.66. The number of urea groups is 1. The zero-order valence-corrected chi connectivity index (χ0v) is 24.0. The number of nitrogens with one attached hydrogen (secondary N) is 2. The fourth-order valence-electron chi connectivity index (χ4n) is 5.59. The standard InChI is InChI=1S/C33H38FN5O3/c1-24-6-12-29(13-7-24)36-33(42)38-20-18-37(19-21-38)30-16-14-28(15-17-30)35-31(40)23-39(32(41)26-4-2-3-5-26)22-25-8-10-27(34)11-9-25/h6-17,26H,2-5,18-23H2,1H3,(H,35,40)(H,36,42). The SMILES string of the molecule is Cc1ccc(NC(=O)N2CCN(c3ccc(NC(=O)CN(Cc4ccc(F)cc4)C(=O)C4CCCC4)cc3)CC2)cc1. The molecule has 1 heterocycles. The highest BCUT2D eigenvalue weighted by atomic mass is 19.1. The van der Waals surface area contributed by atoms with Crippen LogP contribution in [0.3, 0.4) is 0 Å². The van der Waals surface area contributed by atoms with Crippen molar-refractivity contribution in [2.75, 3.05) is 48.3 Å². The van der Waals surface area contributed by atoms with Crippen LogP contribution in [0.4, 0.5) is 26.2 Å². The molecule has 1 saturated carbocycles. The first kappa shape index (κ1) is 29.1. The number of hydrogen-bond acceptors (Lipinski definition) is 4. The lowest BCUT2D eigenvalue weighted by atomic mass is 10.1. The van der Waals surface area contributed by atoms with Crippen molar-refractivity contribution < 1.29 is 18.8 Å². The molecule has 1 aliphatic heterocycles. The largest absolute Gasteiger partial charge is 0.368 e. The van der Waals surface area contributed by atoms with Crippen LogP contribution in [0, 0.1) is 18.7 Å². The summed E-state index contributed by atoms with van der Waals surface area (Å²) in [6.07, 6.45) is 3.73. The number of carbonyl (C=O) groups excluding carboxylic acids is 3. The van der Waals surface area contributed by atoms with E-state index in [1.54, 1.807) is 17.0 Å². The van der Waals surface area contributed by atoms with Crippen LogP contribution in [0.2, 0.25) is 0 Å². The number of nitrogens with zero attached hydrogens (tertiary/aromatic N) is 3. The predicted molar refractivity (Wildman–Crippen MR) is 163 cm³/mol. The van der Waals surface area contributed by atoms with Gasteiger partial charge in [0.25, 0.3) is 0 Å². The van der Waals surface area contributed by atoms with Crippen molar-refractivity contribution in [1.82, 2.24) is 9.80 Å². The molecule has 3 aromatic carbocycles. The van der Waals surface area contributed by atoms with Crippen LogP contribution in [0.1, 0.15) is 36.8 Å². The molecular formula is C33H38FN5O3. The summed E-state index contributed by atoms with van der Waals surface area (Å²) in [5.41, 5.74) is 4.38. The van der Waals surface area contributed by atoms with E-state index in [9.17, 15) is 18.8 Å². The maximum atomic E-state index is 13.4. The molecule has 0 bridgehead atoms. The second kappa shape index (κ2) is 13.5. The highest BCUT2D eigenvalue weighted by Gasteiger charge is 2.29. The molecule has 3 aromatic rings. The molecule has 220 valence electrons. The number of aryl methyl sites for hydroxylation is 1. The average Bonchev–Trinajstić information content (AvgIpc) is 3.54. The Hall–Kier alpha value is -4.40. The summed E-state index contributed by atoms with van der Waals surface area (Å²) in [4.78, 5) is 44.5. The van der Waals surface area contributed by atoms with Crippen LogP contribution in [0.25, 0.3) is 0 Å². The molecule has 8 nitrogen and oxygen atoms in total. The van der Waals surface area contributed by atoms with Gasteiger partial charge in [0, 0.05) is 55.7 Å². The lowest BCUT2D eigenvalue weighted by Gasteiger charge is -2.36. The van der Waals surface area contributed by atoms with Gasteiger partial charge < -0.3 is 25.3 Å². The normalized spacial score (nSPS) is 15.4. The Morgan fingerprint density at radius 2 is 1.40 bits per heavy atom. The highest BCUT2D eigenvalue weighted by molar-refractivity contribution is 5.95. The zero-order valence-electron chi connectivity index (χ0n) is 24.0. The van der Waals surface area contributed by atoms with Gasteiger partial charge in [-0.05, 0) is 73.9 Å². The minimum absolute atomic E-state index is 0.0194. The number of piperazine rings is 1. The van der Waals surface area contributed by atoms with Crippen LogP contribution < -0.4 is 15.5 Å². The number of halogens is 1. The van der Waals surface area contributed by atoms with Gasteiger partial charge in [-0.25, -0.2) is 9.18 Å². The number of amides is 4. The van der Waals surface area contributed by atoms with Gasteiger partial charge in [0.15, 0.2) is 0 Å². The number of benzene rings is 3. The van der Waals surface area contributed by atoms with E-state index in [1.807, 2.05) is 60.4 Å². The Kier molecular flexibility index (Phi) is 9.36. The molecule has 0 aromatic heterocycles. The van der Waals surface area contributed by atoms with Crippen LogP contribution in [0.5, 0.6) is 0 Å². The van der Waals surface area contributed by atoms with E-state index in [0.29, 0.717) is 31.9 Å². The lowest BCUT2D eigenvalue weighted by molar-refractivity contribution is -0.138. The summed E-state index contributed by atoms with van der Waals surface area (Å²) in [7, 11) is 0. The minimum atomic E-state index is -0.334. The van der Waals surface area contributed by atoms with Crippen molar-refractivity contribution in [3.63, 3.8) is 0 Å². The maximum absolute atomic E-state index is 13.4. The molecule has 2 N–H and O–H groups in total. The van der Waals surface area contributed by atoms with Crippen LogP contribution in [-0.4, -0.2) is 60.4 Å². The monoisotopic (exact) mass is 571 g/mol. The molecule has 0 spiro atoms. The fraction of sp³-hybridized carbons (Fsp3) is 0.364. The van der Waals surface area contributed by atoms with E-state index in [2.05, 4.69) is 15.5 Å². The first-order valence-electron chi connectivity index (χ1n) is 14.6. The maximum Gasteiger partial charge on any atom is 0.321 e. The van der Waals surface area contributed by atoms with Crippen molar-refractivity contribution in [2.24, 2.45) is 5.92 Å². The number of anilines is 3. The van der Waals surface area contributed by atoms with Crippen LogP contribution in [0.15, 0.2) is 72.8 Å². The van der Waals surface area contributed by atoms with Crippen molar-refractivity contribution in [3.8, 4) is 0 Å². The Balaban J connectivity index is 1.13. The van der Waals surface area contributed by atoms with Crippen molar-refractivity contribution in [2.45, 2.75) is 39.2 Å². The van der Waals surface area contributed by atoms with Crippen molar-refractivity contribution >= 4 is 34.9 Å². The molecule has 0 unspecified atom stereocenters. The number of hydrogen-bond donors (Lipinski definition) is 2. The van der Waals surface area contributed by atoms with Gasteiger partial charge >= 0.3 is 6.03 Å². The van der Waals surface area contributed by atoms with Gasteiger partial charge in [-0.1, -0.05) is 42.7 Å². The van der Waals surface area contributed by atoms with Crippen molar-refractivity contribution in [1.29, 1.82) is 0 Å². The van der Waals surface area contributed by atoms with Gasteiger partial charge in [-0.3, -0.25) is 9.59 Å².